The Balaban J connectivity index is 1.50. The quantitative estimate of drug-likeness (QED) is 0.300. The first-order valence-electron chi connectivity index (χ1n) is 11.6. The minimum absolute atomic E-state index is 0.174. The third kappa shape index (κ3) is 4.77. The number of ether oxygens (including phenoxy) is 1. The van der Waals surface area contributed by atoms with E-state index in [-0.39, 0.29) is 5.91 Å². The molecule has 0 spiro atoms. The summed E-state index contributed by atoms with van der Waals surface area (Å²) < 4.78 is 7.26. The fourth-order valence-corrected chi connectivity index (χ4v) is 4.06. The first-order valence-corrected chi connectivity index (χ1v) is 11.6. The molecule has 0 radical (unpaired) electrons. The summed E-state index contributed by atoms with van der Waals surface area (Å²) in [5.74, 6) is 0.651. The molecule has 0 saturated heterocycles. The van der Waals surface area contributed by atoms with Crippen molar-refractivity contribution in [1.82, 2.24) is 14.6 Å². The Kier molecular flexibility index (Phi) is 6.26. The van der Waals surface area contributed by atoms with Crippen LogP contribution in [0.4, 0.5) is 5.69 Å². The first-order chi connectivity index (χ1) is 17.1. The number of aryl methyl sites for hydroxylation is 1. The van der Waals surface area contributed by atoms with Crippen molar-refractivity contribution < 1.29 is 9.53 Å². The molecular weight excluding hydrogens is 436 g/mol. The van der Waals surface area contributed by atoms with Gasteiger partial charge in [-0.05, 0) is 61.9 Å². The van der Waals surface area contributed by atoms with Crippen LogP contribution < -0.4 is 9.64 Å². The Morgan fingerprint density at radius 1 is 0.914 bits per heavy atom. The molecule has 0 unspecified atom stereocenters. The number of para-hydroxylation sites is 1. The fourth-order valence-electron chi connectivity index (χ4n) is 4.06. The van der Waals surface area contributed by atoms with E-state index in [1.54, 1.807) is 15.5 Å². The molecule has 2 aromatic heterocycles. The molecule has 6 nitrogen and oxygen atoms in total. The van der Waals surface area contributed by atoms with Crippen LogP contribution in [-0.4, -0.2) is 27.1 Å². The van der Waals surface area contributed by atoms with Gasteiger partial charge in [0.15, 0.2) is 11.3 Å². The summed E-state index contributed by atoms with van der Waals surface area (Å²) in [5.41, 5.74) is 5.53. The Morgan fingerprint density at radius 2 is 1.60 bits per heavy atom. The molecule has 0 saturated carbocycles. The minimum Gasteiger partial charge on any atom is -0.494 e. The van der Waals surface area contributed by atoms with Gasteiger partial charge in [0, 0.05) is 23.0 Å². The summed E-state index contributed by atoms with van der Waals surface area (Å²) in [6, 6.07) is 31.2. The van der Waals surface area contributed by atoms with Crippen molar-refractivity contribution in [3.8, 4) is 17.0 Å². The maximum absolute atomic E-state index is 13.7. The summed E-state index contributed by atoms with van der Waals surface area (Å²) in [5, 5.41) is 4.62. The molecule has 5 rings (SSSR count). The van der Waals surface area contributed by atoms with Gasteiger partial charge in [-0.3, -0.25) is 4.79 Å². The highest BCUT2D eigenvalue weighted by Crippen LogP contribution is 2.24. The number of benzene rings is 3. The largest absolute Gasteiger partial charge is 0.494 e. The van der Waals surface area contributed by atoms with Gasteiger partial charge in [0.05, 0.1) is 18.8 Å². The predicted molar refractivity (Wildman–Crippen MR) is 138 cm³/mol. The van der Waals surface area contributed by atoms with Gasteiger partial charge in [-0.15, -0.1) is 0 Å². The molecule has 35 heavy (non-hydrogen) atoms. The third-order valence-electron chi connectivity index (χ3n) is 5.78. The zero-order valence-corrected chi connectivity index (χ0v) is 19.8. The van der Waals surface area contributed by atoms with Crippen LogP contribution in [0.15, 0.2) is 97.1 Å². The van der Waals surface area contributed by atoms with Crippen molar-refractivity contribution in [3.05, 3.63) is 114 Å². The number of nitrogens with zero attached hydrogens (tertiary/aromatic N) is 4. The number of carbonyl (C=O) groups excluding carboxylic acids is 1. The Labute approximate surface area is 204 Å². The highest BCUT2D eigenvalue weighted by molar-refractivity contribution is 6.05. The number of amides is 1. The summed E-state index contributed by atoms with van der Waals surface area (Å²) in [6.07, 6.45) is 0. The van der Waals surface area contributed by atoms with E-state index >= 15 is 0 Å². The summed E-state index contributed by atoms with van der Waals surface area (Å²) >= 11 is 0. The lowest BCUT2D eigenvalue weighted by molar-refractivity contribution is 0.0980. The number of anilines is 1. The lowest BCUT2D eigenvalue weighted by atomic mass is 10.1. The molecule has 5 aromatic rings. The number of hydrogen-bond acceptors (Lipinski definition) is 4. The average Bonchev–Trinajstić information content (AvgIpc) is 3.34. The highest BCUT2D eigenvalue weighted by atomic mass is 16.5. The lowest BCUT2D eigenvalue weighted by Gasteiger charge is -2.22. The minimum atomic E-state index is -0.174. The summed E-state index contributed by atoms with van der Waals surface area (Å²) in [7, 11) is 0. The van der Waals surface area contributed by atoms with Gasteiger partial charge in [0.2, 0.25) is 0 Å². The Hall–Kier alpha value is -4.45. The first kappa shape index (κ1) is 22.3. The van der Waals surface area contributed by atoms with Gasteiger partial charge in [0.1, 0.15) is 5.75 Å². The number of aromatic nitrogens is 3. The monoisotopic (exact) mass is 462 g/mol. The van der Waals surface area contributed by atoms with Crippen LogP contribution in [0.25, 0.3) is 16.9 Å². The van der Waals surface area contributed by atoms with Gasteiger partial charge in [-0.1, -0.05) is 48.5 Å². The lowest BCUT2D eigenvalue weighted by Crippen LogP contribution is -2.30. The Morgan fingerprint density at radius 3 is 2.29 bits per heavy atom. The van der Waals surface area contributed by atoms with Gasteiger partial charge >= 0.3 is 0 Å². The Bertz CT molecular complexity index is 1450. The molecule has 0 N–H and O–H groups in total. The highest BCUT2D eigenvalue weighted by Gasteiger charge is 2.22. The van der Waals surface area contributed by atoms with Gasteiger partial charge in [-0.25, -0.2) is 9.50 Å². The van der Waals surface area contributed by atoms with E-state index in [0.29, 0.717) is 24.5 Å². The maximum atomic E-state index is 13.7. The molecule has 0 bridgehead atoms. The van der Waals surface area contributed by atoms with E-state index in [1.165, 1.54) is 0 Å². The summed E-state index contributed by atoms with van der Waals surface area (Å²) in [4.78, 5) is 20.2. The van der Waals surface area contributed by atoms with Gasteiger partial charge in [0.25, 0.3) is 5.91 Å². The van der Waals surface area contributed by atoms with Crippen LogP contribution in [0.2, 0.25) is 0 Å². The smallest absolute Gasteiger partial charge is 0.279 e. The molecule has 2 heterocycles. The van der Waals surface area contributed by atoms with Crippen LogP contribution in [0, 0.1) is 6.92 Å². The molecule has 0 aliphatic rings. The number of rotatable bonds is 7. The van der Waals surface area contributed by atoms with E-state index in [4.69, 9.17) is 9.72 Å². The predicted octanol–water partition coefficient (Wildman–Crippen LogP) is 5.95. The van der Waals surface area contributed by atoms with Gasteiger partial charge < -0.3 is 9.64 Å². The van der Waals surface area contributed by atoms with Crippen LogP contribution in [0.3, 0.4) is 0 Å². The SMILES string of the molecule is CCOc1ccc(-c2cc(C)n3nc(C(=O)N(Cc4ccccc4)c4ccccc4)cc3n2)cc1. The molecule has 0 aliphatic carbocycles. The zero-order valence-electron chi connectivity index (χ0n) is 19.8. The maximum Gasteiger partial charge on any atom is 0.279 e. The zero-order chi connectivity index (χ0) is 24.2. The van der Waals surface area contributed by atoms with Crippen molar-refractivity contribution in [3.63, 3.8) is 0 Å². The molecular formula is C29H26N4O2. The van der Waals surface area contributed by atoms with Crippen LogP contribution in [-0.2, 0) is 6.54 Å². The molecule has 0 aliphatic heterocycles. The van der Waals surface area contributed by atoms with Crippen molar-refractivity contribution in [1.29, 1.82) is 0 Å². The van der Waals surface area contributed by atoms with Gasteiger partial charge in [-0.2, -0.15) is 5.10 Å². The molecule has 1 amide bonds. The van der Waals surface area contributed by atoms with E-state index < -0.39 is 0 Å². The second-order valence-electron chi connectivity index (χ2n) is 8.25. The number of hydrogen-bond donors (Lipinski definition) is 0. The normalized spacial score (nSPS) is 10.9. The second-order valence-corrected chi connectivity index (χ2v) is 8.25. The van der Waals surface area contributed by atoms with E-state index in [9.17, 15) is 4.79 Å². The van der Waals surface area contributed by atoms with Crippen LogP contribution >= 0.6 is 0 Å². The van der Waals surface area contributed by atoms with Crippen LogP contribution in [0.1, 0.15) is 28.7 Å². The van der Waals surface area contributed by atoms with E-state index in [2.05, 4.69) is 5.10 Å². The van der Waals surface area contributed by atoms with E-state index in [0.717, 1.165) is 34.0 Å². The summed E-state index contributed by atoms with van der Waals surface area (Å²) in [6.45, 7) is 5.00. The van der Waals surface area contributed by atoms with Crippen molar-refractivity contribution in [2.45, 2.75) is 20.4 Å². The molecule has 0 atom stereocenters. The second kappa shape index (κ2) is 9.81. The molecule has 3 aromatic carbocycles. The van der Waals surface area contributed by atoms with Crippen molar-refractivity contribution in [2.24, 2.45) is 0 Å². The number of fused-ring (bicyclic) bond motifs is 1. The molecule has 0 fully saturated rings. The third-order valence-corrected chi connectivity index (χ3v) is 5.78. The van der Waals surface area contributed by atoms with Crippen LogP contribution in [0.5, 0.6) is 5.75 Å². The standard InChI is InChI=1S/C29H26N4O2/c1-3-35-25-16-14-23(15-17-25)26-18-21(2)33-28(30-26)19-27(31-33)29(34)32(24-12-8-5-9-13-24)20-22-10-6-4-7-11-22/h4-19H,3,20H2,1-2H3. The average molecular weight is 463 g/mol. The number of carbonyl (C=O) groups is 1. The van der Waals surface area contributed by atoms with Crippen molar-refractivity contribution in [2.75, 3.05) is 11.5 Å². The topological polar surface area (TPSA) is 59.7 Å². The fraction of sp³-hybridized carbons (Fsp3) is 0.138. The van der Waals surface area contributed by atoms with Crippen molar-refractivity contribution >= 4 is 17.2 Å². The molecule has 6 heteroatoms. The molecule has 174 valence electrons. The van der Waals surface area contributed by atoms with E-state index in [1.807, 2.05) is 105 Å².